The van der Waals surface area contributed by atoms with Crippen molar-refractivity contribution in [2.75, 3.05) is 0 Å². The van der Waals surface area contributed by atoms with E-state index in [0.29, 0.717) is 5.56 Å². The highest BCUT2D eigenvalue weighted by Gasteiger charge is 2.53. The van der Waals surface area contributed by atoms with Gasteiger partial charge < -0.3 is 0 Å². The summed E-state index contributed by atoms with van der Waals surface area (Å²) in [6.45, 7) is 0. The molecular weight excluding hydrogens is 237 g/mol. The van der Waals surface area contributed by atoms with Crippen LogP contribution in [0, 0.1) is 0 Å². The molecule has 2 rings (SSSR count). The van der Waals surface area contributed by atoms with E-state index in [4.69, 9.17) is 23.2 Å². The fourth-order valence-electron chi connectivity index (χ4n) is 1.57. The van der Waals surface area contributed by atoms with Gasteiger partial charge in [0.2, 0.25) is 10.2 Å². The van der Waals surface area contributed by atoms with Crippen molar-refractivity contribution in [1.82, 2.24) is 5.32 Å². The fraction of sp³-hybridized carbons (Fsp3) is 0.200. The first-order valence-electron chi connectivity index (χ1n) is 4.31. The summed E-state index contributed by atoms with van der Waals surface area (Å²) in [5.74, 6) is -1.96. The predicted molar refractivity (Wildman–Crippen MR) is 56.8 cm³/mol. The second-order valence-corrected chi connectivity index (χ2v) is 4.67. The Bertz CT molecular complexity index is 417. The molecule has 1 N–H and O–H groups in total. The molecule has 1 unspecified atom stereocenters. The van der Waals surface area contributed by atoms with E-state index in [1.807, 2.05) is 6.07 Å². The van der Waals surface area contributed by atoms with Gasteiger partial charge in [-0.1, -0.05) is 53.5 Å². The maximum Gasteiger partial charge on any atom is 0.264 e. The van der Waals surface area contributed by atoms with Crippen LogP contribution in [0.25, 0.3) is 0 Å². The molecule has 1 atom stereocenters. The van der Waals surface area contributed by atoms with Gasteiger partial charge in [-0.15, -0.1) is 0 Å². The predicted octanol–water partition coefficient (Wildman–Crippen LogP) is 1.60. The standard InChI is InChI=1S/C10H7Cl2NO2/c11-10(12)7(8(14)13-9(10)15)6-4-2-1-3-5-6/h1-5,7H,(H,13,14,15). The van der Waals surface area contributed by atoms with E-state index in [9.17, 15) is 9.59 Å². The van der Waals surface area contributed by atoms with Crippen LogP contribution in [0.3, 0.4) is 0 Å². The first kappa shape index (κ1) is 10.5. The van der Waals surface area contributed by atoms with Crippen LogP contribution in [0.5, 0.6) is 0 Å². The highest BCUT2D eigenvalue weighted by Crippen LogP contribution is 2.41. The Morgan fingerprint density at radius 1 is 1.13 bits per heavy atom. The molecular formula is C10H7Cl2NO2. The second-order valence-electron chi connectivity index (χ2n) is 3.29. The summed E-state index contributed by atoms with van der Waals surface area (Å²) in [6, 6.07) is 8.75. The molecule has 78 valence electrons. The van der Waals surface area contributed by atoms with Crippen molar-refractivity contribution in [3.8, 4) is 0 Å². The molecule has 2 amide bonds. The van der Waals surface area contributed by atoms with Gasteiger partial charge in [-0.25, -0.2) is 0 Å². The topological polar surface area (TPSA) is 46.2 Å². The van der Waals surface area contributed by atoms with Gasteiger partial charge in [-0.2, -0.15) is 0 Å². The van der Waals surface area contributed by atoms with E-state index in [2.05, 4.69) is 5.32 Å². The van der Waals surface area contributed by atoms with Crippen molar-refractivity contribution < 1.29 is 9.59 Å². The van der Waals surface area contributed by atoms with Crippen molar-refractivity contribution in [2.24, 2.45) is 0 Å². The third-order valence-corrected chi connectivity index (χ3v) is 3.08. The quantitative estimate of drug-likeness (QED) is 0.602. The molecule has 1 aliphatic heterocycles. The molecule has 0 bridgehead atoms. The zero-order valence-corrected chi connectivity index (χ0v) is 9.05. The van der Waals surface area contributed by atoms with E-state index < -0.39 is 22.1 Å². The van der Waals surface area contributed by atoms with E-state index in [1.165, 1.54) is 0 Å². The Labute approximate surface area is 96.4 Å². The lowest BCUT2D eigenvalue weighted by atomic mass is 9.97. The first-order valence-corrected chi connectivity index (χ1v) is 5.07. The summed E-state index contributed by atoms with van der Waals surface area (Å²) in [5.41, 5.74) is 0.630. The average molecular weight is 244 g/mol. The molecule has 0 saturated carbocycles. The van der Waals surface area contributed by atoms with Crippen LogP contribution in [0.2, 0.25) is 0 Å². The number of halogens is 2. The summed E-state index contributed by atoms with van der Waals surface area (Å²) >= 11 is 11.7. The van der Waals surface area contributed by atoms with Crippen molar-refractivity contribution in [2.45, 2.75) is 10.3 Å². The minimum atomic E-state index is -1.71. The average Bonchev–Trinajstić information content (AvgIpc) is 2.37. The number of alkyl halides is 2. The SMILES string of the molecule is O=C1NC(=O)C(Cl)(Cl)C1c1ccccc1. The van der Waals surface area contributed by atoms with Gasteiger partial charge in [0, 0.05) is 0 Å². The van der Waals surface area contributed by atoms with Crippen LogP contribution in [0.15, 0.2) is 30.3 Å². The summed E-state index contributed by atoms with van der Waals surface area (Å²) in [5, 5.41) is 2.11. The minimum Gasteiger partial charge on any atom is -0.293 e. The van der Waals surface area contributed by atoms with Gasteiger partial charge in [0.15, 0.2) is 0 Å². The molecule has 0 spiro atoms. The number of nitrogens with one attached hydrogen (secondary N) is 1. The zero-order chi connectivity index (χ0) is 11.1. The number of imide groups is 1. The number of hydrogen-bond donors (Lipinski definition) is 1. The van der Waals surface area contributed by atoms with Crippen molar-refractivity contribution in [3.63, 3.8) is 0 Å². The van der Waals surface area contributed by atoms with Gasteiger partial charge in [-0.05, 0) is 5.56 Å². The largest absolute Gasteiger partial charge is 0.293 e. The van der Waals surface area contributed by atoms with Gasteiger partial charge in [0.1, 0.15) is 5.92 Å². The molecule has 0 aliphatic carbocycles. The van der Waals surface area contributed by atoms with Gasteiger partial charge >= 0.3 is 0 Å². The maximum atomic E-state index is 11.5. The number of rotatable bonds is 1. The number of carbonyl (C=O) groups is 2. The first-order chi connectivity index (χ1) is 7.03. The normalized spacial score (nSPS) is 24.0. The monoisotopic (exact) mass is 243 g/mol. The third kappa shape index (κ3) is 1.62. The van der Waals surface area contributed by atoms with Crippen LogP contribution in [0.4, 0.5) is 0 Å². The lowest BCUT2D eigenvalue weighted by Crippen LogP contribution is -2.29. The number of carbonyl (C=O) groups excluding carboxylic acids is 2. The van der Waals surface area contributed by atoms with Crippen LogP contribution in [0.1, 0.15) is 11.5 Å². The van der Waals surface area contributed by atoms with Crippen molar-refractivity contribution in [3.05, 3.63) is 35.9 Å². The van der Waals surface area contributed by atoms with E-state index in [1.54, 1.807) is 24.3 Å². The Balaban J connectivity index is 2.45. The molecule has 1 heterocycles. The van der Waals surface area contributed by atoms with Gasteiger partial charge in [0.25, 0.3) is 5.91 Å². The smallest absolute Gasteiger partial charge is 0.264 e. The lowest BCUT2D eigenvalue weighted by Gasteiger charge is -2.16. The molecule has 1 saturated heterocycles. The van der Waals surface area contributed by atoms with E-state index in [-0.39, 0.29) is 0 Å². The molecule has 1 aliphatic rings. The maximum absolute atomic E-state index is 11.5. The Kier molecular flexibility index (Phi) is 2.44. The third-order valence-electron chi connectivity index (χ3n) is 2.30. The van der Waals surface area contributed by atoms with Gasteiger partial charge in [0.05, 0.1) is 0 Å². The van der Waals surface area contributed by atoms with Gasteiger partial charge in [-0.3, -0.25) is 14.9 Å². The molecule has 0 radical (unpaired) electrons. The van der Waals surface area contributed by atoms with Crippen molar-refractivity contribution in [1.29, 1.82) is 0 Å². The summed E-state index contributed by atoms with van der Waals surface area (Å²) in [7, 11) is 0. The number of benzene rings is 1. The lowest BCUT2D eigenvalue weighted by molar-refractivity contribution is -0.125. The van der Waals surface area contributed by atoms with Crippen LogP contribution < -0.4 is 5.32 Å². The second kappa shape index (κ2) is 3.51. The van der Waals surface area contributed by atoms with Crippen molar-refractivity contribution >= 4 is 35.0 Å². The Morgan fingerprint density at radius 2 is 1.73 bits per heavy atom. The fourth-order valence-corrected chi connectivity index (χ4v) is 2.11. The highest BCUT2D eigenvalue weighted by atomic mass is 35.5. The molecule has 15 heavy (non-hydrogen) atoms. The Hall–Kier alpha value is -1.06. The van der Waals surface area contributed by atoms with Crippen LogP contribution in [-0.4, -0.2) is 16.1 Å². The molecule has 3 nitrogen and oxygen atoms in total. The zero-order valence-electron chi connectivity index (χ0n) is 7.54. The van der Waals surface area contributed by atoms with E-state index in [0.717, 1.165) is 0 Å². The molecule has 1 aromatic rings. The summed E-state index contributed by atoms with van der Waals surface area (Å²) in [6.07, 6.45) is 0. The summed E-state index contributed by atoms with van der Waals surface area (Å²) < 4.78 is -1.71. The molecule has 5 heteroatoms. The minimum absolute atomic E-state index is 0.462. The molecule has 0 aromatic heterocycles. The van der Waals surface area contributed by atoms with E-state index >= 15 is 0 Å². The number of amides is 2. The number of hydrogen-bond acceptors (Lipinski definition) is 2. The molecule has 1 fully saturated rings. The van der Waals surface area contributed by atoms with Crippen LogP contribution >= 0.6 is 23.2 Å². The highest BCUT2D eigenvalue weighted by molar-refractivity contribution is 6.61. The summed E-state index contributed by atoms with van der Waals surface area (Å²) in [4.78, 5) is 22.8. The Morgan fingerprint density at radius 3 is 2.20 bits per heavy atom. The molecule has 1 aromatic carbocycles. The van der Waals surface area contributed by atoms with Crippen LogP contribution in [-0.2, 0) is 9.59 Å².